The molecule has 18 heavy (non-hydrogen) atoms. The van der Waals surface area contributed by atoms with Gasteiger partial charge in [-0.3, -0.25) is 4.90 Å². The summed E-state index contributed by atoms with van der Waals surface area (Å²) in [5, 5.41) is 0. The Balaban J connectivity index is 2.40. The maximum Gasteiger partial charge on any atom is 0.175 e. The van der Waals surface area contributed by atoms with Crippen LogP contribution < -0.4 is 5.73 Å². The number of rotatable bonds is 3. The number of nitrogens with two attached hydrogens (primary N) is 1. The van der Waals surface area contributed by atoms with Gasteiger partial charge in [-0.2, -0.15) is 0 Å². The van der Waals surface area contributed by atoms with Crippen molar-refractivity contribution in [2.24, 2.45) is 11.7 Å². The Hall–Kier alpha value is -0.910. The zero-order valence-corrected chi connectivity index (χ0v) is 11.7. The molecule has 2 unspecified atom stereocenters. The average molecular weight is 268 g/mol. The molecule has 1 fully saturated rings. The molecule has 0 bridgehead atoms. The fourth-order valence-electron chi connectivity index (χ4n) is 2.73. The molecule has 1 saturated heterocycles. The molecule has 100 valence electrons. The maximum atomic E-state index is 11.8. The highest BCUT2D eigenvalue weighted by Crippen LogP contribution is 2.36. The van der Waals surface area contributed by atoms with Crippen LogP contribution in [0.25, 0.3) is 0 Å². The van der Waals surface area contributed by atoms with Gasteiger partial charge < -0.3 is 5.73 Å². The highest BCUT2D eigenvalue weighted by atomic mass is 32.2. The molecular formula is C13H20N2O2S. The molecule has 1 aromatic carbocycles. The van der Waals surface area contributed by atoms with Gasteiger partial charge in [0.25, 0.3) is 0 Å². The lowest BCUT2D eigenvalue weighted by molar-refractivity contribution is 0.310. The monoisotopic (exact) mass is 268 g/mol. The van der Waals surface area contributed by atoms with E-state index in [1.54, 1.807) is 12.1 Å². The predicted octanol–water partition coefficient (Wildman–Crippen LogP) is 1.04. The SMILES string of the molecule is CN1CC(CN)CC1c1ccccc1S(C)(=O)=O. The van der Waals surface area contributed by atoms with Crippen LogP contribution in [0.3, 0.4) is 0 Å². The Morgan fingerprint density at radius 2 is 2.06 bits per heavy atom. The molecule has 2 rings (SSSR count). The van der Waals surface area contributed by atoms with Crippen molar-refractivity contribution >= 4 is 9.84 Å². The van der Waals surface area contributed by atoms with Gasteiger partial charge in [0.05, 0.1) is 4.90 Å². The molecule has 2 N–H and O–H groups in total. The summed E-state index contributed by atoms with van der Waals surface area (Å²) < 4.78 is 23.6. The van der Waals surface area contributed by atoms with Crippen LogP contribution in [0.1, 0.15) is 18.0 Å². The van der Waals surface area contributed by atoms with E-state index in [1.165, 1.54) is 6.26 Å². The largest absolute Gasteiger partial charge is 0.330 e. The molecule has 0 aromatic heterocycles. The van der Waals surface area contributed by atoms with E-state index in [-0.39, 0.29) is 6.04 Å². The second kappa shape index (κ2) is 4.99. The van der Waals surface area contributed by atoms with Gasteiger partial charge in [-0.25, -0.2) is 8.42 Å². The zero-order valence-electron chi connectivity index (χ0n) is 10.8. The lowest BCUT2D eigenvalue weighted by Crippen LogP contribution is -2.21. The molecule has 0 aliphatic carbocycles. The molecule has 0 amide bonds. The standard InChI is InChI=1S/C13H20N2O2S/c1-15-9-10(8-14)7-12(15)11-5-3-4-6-13(11)18(2,16)17/h3-6,10,12H,7-9,14H2,1-2H3. The topological polar surface area (TPSA) is 63.4 Å². The summed E-state index contributed by atoms with van der Waals surface area (Å²) in [4.78, 5) is 2.64. The highest BCUT2D eigenvalue weighted by Gasteiger charge is 2.32. The minimum atomic E-state index is -3.18. The molecule has 0 spiro atoms. The van der Waals surface area contributed by atoms with E-state index in [4.69, 9.17) is 5.73 Å². The maximum absolute atomic E-state index is 11.8. The minimum Gasteiger partial charge on any atom is -0.330 e. The van der Waals surface area contributed by atoms with E-state index in [0.29, 0.717) is 17.4 Å². The summed E-state index contributed by atoms with van der Waals surface area (Å²) in [6, 6.07) is 7.43. The first-order valence-corrected chi connectivity index (χ1v) is 8.02. The van der Waals surface area contributed by atoms with Gasteiger partial charge in [0.15, 0.2) is 9.84 Å². The molecule has 4 nitrogen and oxygen atoms in total. The third kappa shape index (κ3) is 2.58. The van der Waals surface area contributed by atoms with Crippen molar-refractivity contribution < 1.29 is 8.42 Å². The molecule has 0 saturated carbocycles. The summed E-state index contributed by atoms with van der Waals surface area (Å²) >= 11 is 0. The quantitative estimate of drug-likeness (QED) is 0.889. The number of sulfone groups is 1. The number of benzene rings is 1. The Kier molecular flexibility index (Phi) is 3.75. The minimum absolute atomic E-state index is 0.157. The van der Waals surface area contributed by atoms with Gasteiger partial charge in [0, 0.05) is 18.8 Å². The Morgan fingerprint density at radius 1 is 1.39 bits per heavy atom. The summed E-state index contributed by atoms with van der Waals surface area (Å²) in [6.07, 6.45) is 2.20. The molecule has 2 atom stereocenters. The molecule has 1 aliphatic heterocycles. The van der Waals surface area contributed by atoms with E-state index in [0.717, 1.165) is 18.5 Å². The van der Waals surface area contributed by atoms with Gasteiger partial charge in [-0.05, 0) is 37.6 Å². The number of hydrogen-bond acceptors (Lipinski definition) is 4. The van der Waals surface area contributed by atoms with Crippen molar-refractivity contribution in [3.8, 4) is 0 Å². The third-order valence-electron chi connectivity index (χ3n) is 3.65. The predicted molar refractivity (Wildman–Crippen MR) is 72.1 cm³/mol. The molecular weight excluding hydrogens is 248 g/mol. The van der Waals surface area contributed by atoms with Crippen LogP contribution in [0, 0.1) is 5.92 Å². The summed E-state index contributed by atoms with van der Waals surface area (Å²) in [5.41, 5.74) is 6.62. The van der Waals surface area contributed by atoms with Crippen molar-refractivity contribution in [2.45, 2.75) is 17.4 Å². The normalized spacial score (nSPS) is 25.5. The first-order chi connectivity index (χ1) is 8.43. The average Bonchev–Trinajstić information content (AvgIpc) is 2.69. The first-order valence-electron chi connectivity index (χ1n) is 6.12. The molecule has 5 heteroatoms. The second-order valence-electron chi connectivity index (χ2n) is 5.10. The Bertz CT molecular complexity index is 528. The number of nitrogens with zero attached hydrogens (tertiary/aromatic N) is 1. The van der Waals surface area contributed by atoms with E-state index in [9.17, 15) is 8.42 Å². The van der Waals surface area contributed by atoms with Crippen LogP contribution in [0.15, 0.2) is 29.2 Å². The number of likely N-dealkylation sites (tertiary alicyclic amines) is 1. The molecule has 1 aromatic rings. The summed E-state index contributed by atoms with van der Waals surface area (Å²) in [5.74, 6) is 0.451. The van der Waals surface area contributed by atoms with Crippen molar-refractivity contribution in [3.63, 3.8) is 0 Å². The lowest BCUT2D eigenvalue weighted by Gasteiger charge is -2.21. The lowest BCUT2D eigenvalue weighted by atomic mass is 10.00. The number of hydrogen-bond donors (Lipinski definition) is 1. The summed E-state index contributed by atoms with van der Waals surface area (Å²) in [7, 11) is -1.15. The van der Waals surface area contributed by atoms with Gasteiger partial charge in [0.2, 0.25) is 0 Å². The highest BCUT2D eigenvalue weighted by molar-refractivity contribution is 7.90. The molecule has 1 aliphatic rings. The fourth-order valence-corrected chi connectivity index (χ4v) is 3.69. The van der Waals surface area contributed by atoms with Crippen LogP contribution >= 0.6 is 0 Å². The van der Waals surface area contributed by atoms with Crippen LogP contribution in [0.4, 0.5) is 0 Å². The van der Waals surface area contributed by atoms with Gasteiger partial charge in [-0.15, -0.1) is 0 Å². The Labute approximate surface area is 109 Å². The third-order valence-corrected chi connectivity index (χ3v) is 4.82. The van der Waals surface area contributed by atoms with Crippen molar-refractivity contribution in [1.82, 2.24) is 4.90 Å². The van der Waals surface area contributed by atoms with E-state index in [2.05, 4.69) is 4.90 Å². The van der Waals surface area contributed by atoms with Crippen LogP contribution in [-0.2, 0) is 9.84 Å². The second-order valence-corrected chi connectivity index (χ2v) is 7.09. The van der Waals surface area contributed by atoms with Crippen LogP contribution in [-0.4, -0.2) is 39.7 Å². The van der Waals surface area contributed by atoms with Crippen LogP contribution in [0.5, 0.6) is 0 Å². The van der Waals surface area contributed by atoms with Crippen molar-refractivity contribution in [2.75, 3.05) is 26.4 Å². The van der Waals surface area contributed by atoms with E-state index >= 15 is 0 Å². The Morgan fingerprint density at radius 3 is 2.61 bits per heavy atom. The van der Waals surface area contributed by atoms with Gasteiger partial charge in [-0.1, -0.05) is 18.2 Å². The van der Waals surface area contributed by atoms with Crippen molar-refractivity contribution in [3.05, 3.63) is 29.8 Å². The molecule has 0 radical (unpaired) electrons. The summed E-state index contributed by atoms with van der Waals surface area (Å²) in [6.45, 7) is 1.58. The molecule has 1 heterocycles. The smallest absolute Gasteiger partial charge is 0.175 e. The van der Waals surface area contributed by atoms with Crippen molar-refractivity contribution in [1.29, 1.82) is 0 Å². The zero-order chi connectivity index (χ0) is 13.3. The fraction of sp³-hybridized carbons (Fsp3) is 0.538. The first kappa shape index (κ1) is 13.5. The van der Waals surface area contributed by atoms with Gasteiger partial charge >= 0.3 is 0 Å². The van der Waals surface area contributed by atoms with E-state index in [1.807, 2.05) is 19.2 Å². The van der Waals surface area contributed by atoms with Crippen LogP contribution in [0.2, 0.25) is 0 Å². The van der Waals surface area contributed by atoms with Gasteiger partial charge in [0.1, 0.15) is 0 Å². The van der Waals surface area contributed by atoms with E-state index < -0.39 is 9.84 Å².